The Morgan fingerprint density at radius 2 is 1.62 bits per heavy atom. The number of para-hydroxylation sites is 1. The molecule has 0 fully saturated rings. The van der Waals surface area contributed by atoms with Gasteiger partial charge in [-0.15, -0.1) is 0 Å². The van der Waals surface area contributed by atoms with Gasteiger partial charge in [-0.1, -0.05) is 30.4 Å². The fourth-order valence-corrected chi connectivity index (χ4v) is 1.65. The van der Waals surface area contributed by atoms with E-state index in [0.29, 0.717) is 0 Å². The molecule has 2 heterocycles. The molecule has 2 aliphatic heterocycles. The SMILES string of the molecule is C1=CC=CNC=C1.c1ccc2c(c1)CCN2. The maximum atomic E-state index is 3.30. The van der Waals surface area contributed by atoms with Gasteiger partial charge < -0.3 is 10.6 Å². The van der Waals surface area contributed by atoms with Crippen molar-refractivity contribution in [3.63, 3.8) is 0 Å². The fourth-order valence-electron chi connectivity index (χ4n) is 1.65. The molecule has 0 saturated carbocycles. The smallest absolute Gasteiger partial charge is 0.0373 e. The zero-order chi connectivity index (χ0) is 11.1. The van der Waals surface area contributed by atoms with E-state index in [1.807, 2.05) is 36.7 Å². The molecule has 0 bridgehead atoms. The van der Waals surface area contributed by atoms with Gasteiger partial charge in [0.1, 0.15) is 0 Å². The van der Waals surface area contributed by atoms with E-state index < -0.39 is 0 Å². The zero-order valence-electron chi connectivity index (χ0n) is 9.19. The Labute approximate surface area is 96.4 Å². The molecule has 0 aliphatic carbocycles. The summed E-state index contributed by atoms with van der Waals surface area (Å²) >= 11 is 0. The monoisotopic (exact) mass is 212 g/mol. The Hall–Kier alpha value is -1.96. The van der Waals surface area contributed by atoms with Gasteiger partial charge in [0.2, 0.25) is 0 Å². The molecule has 0 radical (unpaired) electrons. The largest absolute Gasteiger partial charge is 0.384 e. The first-order valence-corrected chi connectivity index (χ1v) is 5.53. The van der Waals surface area contributed by atoms with Crippen molar-refractivity contribution in [1.29, 1.82) is 0 Å². The minimum atomic E-state index is 1.11. The van der Waals surface area contributed by atoms with Gasteiger partial charge in [-0.05, 0) is 30.2 Å². The van der Waals surface area contributed by atoms with Crippen LogP contribution in [-0.4, -0.2) is 6.54 Å². The number of fused-ring (bicyclic) bond motifs is 1. The average molecular weight is 212 g/mol. The van der Waals surface area contributed by atoms with E-state index in [4.69, 9.17) is 0 Å². The highest BCUT2D eigenvalue weighted by atomic mass is 14.9. The van der Waals surface area contributed by atoms with Crippen LogP contribution in [-0.2, 0) is 6.42 Å². The quantitative estimate of drug-likeness (QED) is 0.691. The van der Waals surface area contributed by atoms with E-state index in [1.165, 1.54) is 17.7 Å². The van der Waals surface area contributed by atoms with Crippen LogP contribution >= 0.6 is 0 Å². The molecule has 0 amide bonds. The van der Waals surface area contributed by atoms with E-state index in [9.17, 15) is 0 Å². The van der Waals surface area contributed by atoms with Crippen LogP contribution in [0.15, 0.2) is 61.0 Å². The number of hydrogen-bond acceptors (Lipinski definition) is 2. The lowest BCUT2D eigenvalue weighted by molar-refractivity contribution is 1.11. The molecular weight excluding hydrogens is 196 g/mol. The Kier molecular flexibility index (Phi) is 3.83. The Morgan fingerprint density at radius 1 is 0.875 bits per heavy atom. The van der Waals surface area contributed by atoms with Crippen molar-refractivity contribution in [2.75, 3.05) is 11.9 Å². The summed E-state index contributed by atoms with van der Waals surface area (Å²) < 4.78 is 0. The summed E-state index contributed by atoms with van der Waals surface area (Å²) in [6, 6.07) is 8.46. The normalized spacial score (nSPS) is 15.2. The first-order valence-electron chi connectivity index (χ1n) is 5.53. The predicted octanol–water partition coefficient (Wildman–Crippen LogP) is 2.83. The summed E-state index contributed by atoms with van der Waals surface area (Å²) in [6.45, 7) is 1.11. The van der Waals surface area contributed by atoms with Gasteiger partial charge in [0.15, 0.2) is 0 Å². The second-order valence-corrected chi connectivity index (χ2v) is 3.60. The molecule has 0 saturated heterocycles. The molecule has 2 heteroatoms. The minimum absolute atomic E-state index is 1.11. The molecule has 0 atom stereocenters. The Balaban J connectivity index is 0.000000125. The summed E-state index contributed by atoms with van der Waals surface area (Å²) in [5.41, 5.74) is 2.77. The van der Waals surface area contributed by atoms with Crippen LogP contribution in [0.5, 0.6) is 0 Å². The second-order valence-electron chi connectivity index (χ2n) is 3.60. The summed E-state index contributed by atoms with van der Waals surface area (Å²) in [4.78, 5) is 0. The van der Waals surface area contributed by atoms with Gasteiger partial charge in [0.25, 0.3) is 0 Å². The lowest BCUT2D eigenvalue weighted by Crippen LogP contribution is -1.90. The van der Waals surface area contributed by atoms with E-state index in [0.717, 1.165) is 6.54 Å². The number of rotatable bonds is 0. The molecule has 2 nitrogen and oxygen atoms in total. The van der Waals surface area contributed by atoms with Crippen molar-refractivity contribution in [3.05, 3.63) is 66.5 Å². The summed E-state index contributed by atoms with van der Waals surface area (Å²) in [6.07, 6.45) is 12.8. The average Bonchev–Trinajstić information content (AvgIpc) is 2.61. The summed E-state index contributed by atoms with van der Waals surface area (Å²) in [7, 11) is 0. The van der Waals surface area contributed by atoms with Gasteiger partial charge in [0, 0.05) is 24.6 Å². The van der Waals surface area contributed by atoms with E-state index >= 15 is 0 Å². The fraction of sp³-hybridized carbons (Fsp3) is 0.143. The van der Waals surface area contributed by atoms with E-state index in [-0.39, 0.29) is 0 Å². The van der Waals surface area contributed by atoms with Crippen molar-refractivity contribution in [2.24, 2.45) is 0 Å². The predicted molar refractivity (Wildman–Crippen MR) is 69.2 cm³/mol. The molecule has 82 valence electrons. The Morgan fingerprint density at radius 3 is 2.38 bits per heavy atom. The summed E-state index contributed by atoms with van der Waals surface area (Å²) in [5, 5.41) is 6.22. The molecule has 16 heavy (non-hydrogen) atoms. The third-order valence-electron chi connectivity index (χ3n) is 2.45. The van der Waals surface area contributed by atoms with Crippen LogP contribution < -0.4 is 10.6 Å². The van der Waals surface area contributed by atoms with Crippen molar-refractivity contribution in [1.82, 2.24) is 5.32 Å². The number of nitrogens with one attached hydrogen (secondary N) is 2. The number of benzene rings is 1. The van der Waals surface area contributed by atoms with Crippen LogP contribution in [0.2, 0.25) is 0 Å². The maximum absolute atomic E-state index is 3.30. The third-order valence-corrected chi connectivity index (χ3v) is 2.45. The van der Waals surface area contributed by atoms with Crippen LogP contribution in [0.1, 0.15) is 5.56 Å². The summed E-state index contributed by atoms with van der Waals surface area (Å²) in [5.74, 6) is 0. The van der Waals surface area contributed by atoms with Crippen molar-refractivity contribution in [2.45, 2.75) is 6.42 Å². The van der Waals surface area contributed by atoms with Gasteiger partial charge in [-0.25, -0.2) is 0 Å². The van der Waals surface area contributed by atoms with Crippen molar-refractivity contribution < 1.29 is 0 Å². The van der Waals surface area contributed by atoms with Crippen LogP contribution in [0.4, 0.5) is 5.69 Å². The molecule has 0 spiro atoms. The minimum Gasteiger partial charge on any atom is -0.384 e. The zero-order valence-corrected chi connectivity index (χ0v) is 9.19. The van der Waals surface area contributed by atoms with E-state index in [1.54, 1.807) is 0 Å². The van der Waals surface area contributed by atoms with E-state index in [2.05, 4.69) is 34.9 Å². The van der Waals surface area contributed by atoms with Crippen molar-refractivity contribution >= 4 is 5.69 Å². The molecule has 1 aromatic rings. The third kappa shape index (κ3) is 3.02. The van der Waals surface area contributed by atoms with Crippen LogP contribution in [0.3, 0.4) is 0 Å². The highest BCUT2D eigenvalue weighted by molar-refractivity contribution is 5.54. The lowest BCUT2D eigenvalue weighted by Gasteiger charge is -1.94. The molecule has 0 aromatic heterocycles. The van der Waals surface area contributed by atoms with Gasteiger partial charge in [-0.2, -0.15) is 0 Å². The molecule has 1 aromatic carbocycles. The maximum Gasteiger partial charge on any atom is 0.0373 e. The van der Waals surface area contributed by atoms with Gasteiger partial charge in [-0.3, -0.25) is 0 Å². The topological polar surface area (TPSA) is 24.1 Å². The molecule has 0 unspecified atom stereocenters. The number of hydrogen-bond donors (Lipinski definition) is 2. The highest BCUT2D eigenvalue weighted by Crippen LogP contribution is 2.19. The highest BCUT2D eigenvalue weighted by Gasteiger charge is 2.05. The van der Waals surface area contributed by atoms with Gasteiger partial charge >= 0.3 is 0 Å². The first-order chi connectivity index (χ1) is 7.97. The molecule has 3 rings (SSSR count). The van der Waals surface area contributed by atoms with Crippen LogP contribution in [0, 0.1) is 0 Å². The Bertz CT molecular complexity index is 379. The second kappa shape index (κ2) is 5.81. The molecule has 2 N–H and O–H groups in total. The first kappa shape index (κ1) is 10.6. The molecular formula is C14H16N2. The number of allylic oxidation sites excluding steroid dienone is 4. The van der Waals surface area contributed by atoms with Crippen LogP contribution in [0.25, 0.3) is 0 Å². The number of anilines is 1. The van der Waals surface area contributed by atoms with Gasteiger partial charge in [0.05, 0.1) is 0 Å². The van der Waals surface area contributed by atoms with Crippen molar-refractivity contribution in [3.8, 4) is 0 Å². The lowest BCUT2D eigenvalue weighted by atomic mass is 10.2. The standard InChI is InChI=1S/C8H9N.C6H7N/c1-2-4-8-7(3-1)5-6-9-8;1-2-4-6-7-5-3-1/h1-4,9H,5-6H2;1-7H. The molecule has 2 aliphatic rings.